The number of hydrogen-bond donors (Lipinski definition) is 2. The van der Waals surface area contributed by atoms with Crippen molar-refractivity contribution in [3.63, 3.8) is 0 Å². The summed E-state index contributed by atoms with van der Waals surface area (Å²) >= 11 is 0. The number of unbranched alkanes of at least 4 members (excludes halogenated alkanes) is 4. The summed E-state index contributed by atoms with van der Waals surface area (Å²) in [7, 11) is 1.66. The van der Waals surface area contributed by atoms with Crippen LogP contribution in [0.15, 0.2) is 18.2 Å². The van der Waals surface area contributed by atoms with Crippen LogP contribution >= 0.6 is 0 Å². The largest absolute Gasteiger partial charge is 0.385 e. The zero-order chi connectivity index (χ0) is 14.1. The van der Waals surface area contributed by atoms with Crippen LogP contribution < -0.4 is 10.6 Å². The second kappa shape index (κ2) is 8.57. The fourth-order valence-corrected chi connectivity index (χ4v) is 2.16. The van der Waals surface area contributed by atoms with Gasteiger partial charge in [0.25, 0.3) is 5.91 Å². The van der Waals surface area contributed by atoms with Crippen LogP contribution in [0.25, 0.3) is 0 Å². The number of carbonyl (C=O) groups excluding carboxylic acids is 1. The van der Waals surface area contributed by atoms with Gasteiger partial charge in [-0.3, -0.25) is 4.79 Å². The van der Waals surface area contributed by atoms with Crippen molar-refractivity contribution in [1.82, 2.24) is 5.32 Å². The van der Waals surface area contributed by atoms with Crippen molar-refractivity contribution >= 4 is 11.6 Å². The molecule has 3 nitrogen and oxygen atoms in total. The van der Waals surface area contributed by atoms with Gasteiger partial charge in [0, 0.05) is 24.8 Å². The summed E-state index contributed by atoms with van der Waals surface area (Å²) in [4.78, 5) is 11.7. The summed E-state index contributed by atoms with van der Waals surface area (Å²) in [5, 5.41) is 6.10. The molecule has 106 valence electrons. The van der Waals surface area contributed by atoms with Gasteiger partial charge in [0.1, 0.15) is 0 Å². The van der Waals surface area contributed by atoms with E-state index < -0.39 is 0 Å². The lowest BCUT2D eigenvalue weighted by Gasteiger charge is -2.12. The summed E-state index contributed by atoms with van der Waals surface area (Å²) in [5.74, 6) is -0.0240. The van der Waals surface area contributed by atoms with Gasteiger partial charge < -0.3 is 10.6 Å². The van der Waals surface area contributed by atoms with Crippen molar-refractivity contribution in [3.8, 4) is 0 Å². The van der Waals surface area contributed by atoms with Crippen LogP contribution in [0.3, 0.4) is 0 Å². The third-order valence-electron chi connectivity index (χ3n) is 3.40. The number of rotatable bonds is 8. The Morgan fingerprint density at radius 2 is 1.89 bits per heavy atom. The molecule has 0 spiro atoms. The van der Waals surface area contributed by atoms with E-state index in [1.165, 1.54) is 32.1 Å². The third-order valence-corrected chi connectivity index (χ3v) is 3.40. The third kappa shape index (κ3) is 4.93. The first-order chi connectivity index (χ1) is 9.20. The first-order valence-electron chi connectivity index (χ1n) is 7.26. The Hall–Kier alpha value is -1.51. The highest BCUT2D eigenvalue weighted by atomic mass is 16.1. The van der Waals surface area contributed by atoms with Gasteiger partial charge in [0.05, 0.1) is 0 Å². The molecule has 0 unspecified atom stereocenters. The fourth-order valence-electron chi connectivity index (χ4n) is 2.16. The summed E-state index contributed by atoms with van der Waals surface area (Å²) in [6.45, 7) is 5.19. The van der Waals surface area contributed by atoms with Crippen molar-refractivity contribution < 1.29 is 4.79 Å². The topological polar surface area (TPSA) is 41.1 Å². The Morgan fingerprint density at radius 3 is 2.58 bits per heavy atom. The average Bonchev–Trinajstić information content (AvgIpc) is 2.43. The second-order valence-corrected chi connectivity index (χ2v) is 4.90. The molecule has 1 aromatic rings. The lowest BCUT2D eigenvalue weighted by Crippen LogP contribution is -2.19. The van der Waals surface area contributed by atoms with Gasteiger partial charge in [-0.25, -0.2) is 0 Å². The van der Waals surface area contributed by atoms with Gasteiger partial charge in [-0.1, -0.05) is 38.7 Å². The van der Waals surface area contributed by atoms with E-state index in [-0.39, 0.29) is 5.91 Å². The van der Waals surface area contributed by atoms with Crippen molar-refractivity contribution in [2.75, 3.05) is 18.9 Å². The Kier molecular flexibility index (Phi) is 7.01. The number of carbonyl (C=O) groups is 1. The molecule has 0 heterocycles. The molecule has 0 aliphatic rings. The molecule has 0 radical (unpaired) electrons. The molecule has 0 aromatic heterocycles. The molecule has 2 N–H and O–H groups in total. The zero-order valence-electron chi connectivity index (χ0n) is 12.4. The van der Waals surface area contributed by atoms with Crippen molar-refractivity contribution in [2.24, 2.45) is 0 Å². The SMILES string of the molecule is CCCCCCCNc1cccc(C(=O)NC)c1C. The molecule has 19 heavy (non-hydrogen) atoms. The van der Waals surface area contributed by atoms with E-state index in [1.807, 2.05) is 25.1 Å². The van der Waals surface area contributed by atoms with E-state index in [9.17, 15) is 4.79 Å². The lowest BCUT2D eigenvalue weighted by atomic mass is 10.1. The minimum absolute atomic E-state index is 0.0240. The van der Waals surface area contributed by atoms with Crippen LogP contribution in [0.2, 0.25) is 0 Å². The lowest BCUT2D eigenvalue weighted by molar-refractivity contribution is 0.0962. The predicted molar refractivity (Wildman–Crippen MR) is 81.8 cm³/mol. The van der Waals surface area contributed by atoms with E-state index in [4.69, 9.17) is 0 Å². The van der Waals surface area contributed by atoms with Crippen molar-refractivity contribution in [1.29, 1.82) is 0 Å². The first kappa shape index (κ1) is 15.5. The molecule has 0 atom stereocenters. The van der Waals surface area contributed by atoms with Crippen LogP contribution in [0, 0.1) is 6.92 Å². The summed E-state index contributed by atoms with van der Waals surface area (Å²) in [6, 6.07) is 5.82. The standard InChI is InChI=1S/C16H26N2O/c1-4-5-6-7-8-12-18-15-11-9-10-14(13(15)2)16(19)17-3/h9-11,18H,4-8,12H2,1-3H3,(H,17,19). The number of nitrogens with one attached hydrogen (secondary N) is 2. The summed E-state index contributed by atoms with van der Waals surface area (Å²) in [6.07, 6.45) is 6.38. The van der Waals surface area contributed by atoms with E-state index in [1.54, 1.807) is 7.05 Å². The van der Waals surface area contributed by atoms with Gasteiger partial charge in [-0.05, 0) is 31.0 Å². The van der Waals surface area contributed by atoms with Crippen molar-refractivity contribution in [3.05, 3.63) is 29.3 Å². The van der Waals surface area contributed by atoms with Gasteiger partial charge in [0.15, 0.2) is 0 Å². The number of benzene rings is 1. The maximum absolute atomic E-state index is 11.7. The van der Waals surface area contributed by atoms with Crippen LogP contribution in [0.5, 0.6) is 0 Å². The smallest absolute Gasteiger partial charge is 0.251 e. The average molecular weight is 262 g/mol. The van der Waals surface area contributed by atoms with Crippen molar-refractivity contribution in [2.45, 2.75) is 46.0 Å². The first-order valence-corrected chi connectivity index (χ1v) is 7.26. The molecule has 0 saturated heterocycles. The molecule has 0 aliphatic heterocycles. The molecule has 0 bridgehead atoms. The van der Waals surface area contributed by atoms with Crippen LogP contribution in [0.1, 0.15) is 54.9 Å². The maximum Gasteiger partial charge on any atom is 0.251 e. The number of anilines is 1. The van der Waals surface area contributed by atoms with Gasteiger partial charge in [-0.15, -0.1) is 0 Å². The van der Waals surface area contributed by atoms with E-state index in [2.05, 4.69) is 17.6 Å². The molecule has 0 saturated carbocycles. The fraction of sp³-hybridized carbons (Fsp3) is 0.562. The number of hydrogen-bond acceptors (Lipinski definition) is 2. The Balaban J connectivity index is 2.48. The Labute approximate surface area is 116 Å². The van der Waals surface area contributed by atoms with Crippen LogP contribution in [0.4, 0.5) is 5.69 Å². The molecular formula is C16H26N2O. The predicted octanol–water partition coefficient (Wildman–Crippen LogP) is 3.74. The minimum Gasteiger partial charge on any atom is -0.385 e. The number of amides is 1. The zero-order valence-corrected chi connectivity index (χ0v) is 12.4. The van der Waals surface area contributed by atoms with Gasteiger partial charge in [0.2, 0.25) is 0 Å². The highest BCUT2D eigenvalue weighted by molar-refractivity contribution is 5.96. The van der Waals surface area contributed by atoms with Crippen LogP contribution in [-0.2, 0) is 0 Å². The maximum atomic E-state index is 11.7. The monoisotopic (exact) mass is 262 g/mol. The molecule has 1 aromatic carbocycles. The minimum atomic E-state index is -0.0240. The van der Waals surface area contributed by atoms with E-state index in [0.29, 0.717) is 0 Å². The van der Waals surface area contributed by atoms with Crippen LogP contribution in [-0.4, -0.2) is 19.5 Å². The Bertz CT molecular complexity index is 402. The van der Waals surface area contributed by atoms with Gasteiger partial charge in [-0.2, -0.15) is 0 Å². The highest BCUT2D eigenvalue weighted by Crippen LogP contribution is 2.19. The Morgan fingerprint density at radius 1 is 1.16 bits per heavy atom. The molecule has 1 amide bonds. The molecule has 3 heteroatoms. The molecular weight excluding hydrogens is 236 g/mol. The molecule has 0 aliphatic carbocycles. The summed E-state index contributed by atoms with van der Waals surface area (Å²) in [5.41, 5.74) is 2.84. The summed E-state index contributed by atoms with van der Waals surface area (Å²) < 4.78 is 0. The normalized spacial score (nSPS) is 10.3. The van der Waals surface area contributed by atoms with E-state index >= 15 is 0 Å². The quantitative estimate of drug-likeness (QED) is 0.701. The van der Waals surface area contributed by atoms with E-state index in [0.717, 1.165) is 23.4 Å². The highest BCUT2D eigenvalue weighted by Gasteiger charge is 2.09. The van der Waals surface area contributed by atoms with Gasteiger partial charge >= 0.3 is 0 Å². The molecule has 1 rings (SSSR count). The molecule has 0 fully saturated rings. The second-order valence-electron chi connectivity index (χ2n) is 4.90.